The van der Waals surface area contributed by atoms with Gasteiger partial charge in [-0.15, -0.1) is 0 Å². The van der Waals surface area contributed by atoms with E-state index in [2.05, 4.69) is 17.7 Å². The molecule has 0 radical (unpaired) electrons. The van der Waals surface area contributed by atoms with Crippen LogP contribution < -0.4 is 10.6 Å². The van der Waals surface area contributed by atoms with Crippen LogP contribution in [0, 0.1) is 11.8 Å². The molecular formula is C13H26N2. The molecule has 0 amide bonds. The topological polar surface area (TPSA) is 24.1 Å². The Morgan fingerprint density at radius 2 is 1.53 bits per heavy atom. The Labute approximate surface area is 94.2 Å². The molecule has 88 valence electrons. The van der Waals surface area contributed by atoms with Gasteiger partial charge in [0.25, 0.3) is 0 Å². The Bertz CT molecular complexity index is 151. The lowest BCUT2D eigenvalue weighted by Crippen LogP contribution is -2.45. The van der Waals surface area contributed by atoms with Crippen molar-refractivity contribution in [3.8, 4) is 0 Å². The largest absolute Gasteiger partial charge is 0.317 e. The summed E-state index contributed by atoms with van der Waals surface area (Å²) in [6.45, 7) is 2.46. The number of nitrogens with one attached hydrogen (secondary N) is 2. The van der Waals surface area contributed by atoms with E-state index in [9.17, 15) is 0 Å². The van der Waals surface area contributed by atoms with Crippen LogP contribution in [0.1, 0.15) is 44.9 Å². The average molecular weight is 210 g/mol. The summed E-state index contributed by atoms with van der Waals surface area (Å²) in [5.41, 5.74) is 0. The molecular weight excluding hydrogens is 184 g/mol. The van der Waals surface area contributed by atoms with Crippen molar-refractivity contribution in [2.24, 2.45) is 11.8 Å². The first-order valence-corrected chi connectivity index (χ1v) is 6.80. The average Bonchev–Trinajstić information content (AvgIpc) is 2.33. The molecule has 1 aliphatic heterocycles. The summed E-state index contributed by atoms with van der Waals surface area (Å²) >= 11 is 0. The number of hydrogen-bond acceptors (Lipinski definition) is 2. The zero-order valence-corrected chi connectivity index (χ0v) is 10.1. The maximum atomic E-state index is 3.61. The Hall–Kier alpha value is -0.0800. The third-order valence-corrected chi connectivity index (χ3v) is 4.38. The van der Waals surface area contributed by atoms with Crippen molar-refractivity contribution in [2.75, 3.05) is 20.1 Å². The predicted molar refractivity (Wildman–Crippen MR) is 65.0 cm³/mol. The van der Waals surface area contributed by atoms with Crippen LogP contribution >= 0.6 is 0 Å². The van der Waals surface area contributed by atoms with Crippen molar-refractivity contribution in [1.82, 2.24) is 10.6 Å². The summed E-state index contributed by atoms with van der Waals surface area (Å²) < 4.78 is 0. The molecule has 0 aromatic heterocycles. The second-order valence-corrected chi connectivity index (χ2v) is 5.30. The highest BCUT2D eigenvalue weighted by molar-refractivity contribution is 4.86. The van der Waals surface area contributed by atoms with Gasteiger partial charge in [0.1, 0.15) is 0 Å². The molecule has 15 heavy (non-hydrogen) atoms. The van der Waals surface area contributed by atoms with Crippen LogP contribution in [0.5, 0.6) is 0 Å². The molecule has 2 aliphatic rings. The summed E-state index contributed by atoms with van der Waals surface area (Å²) in [7, 11) is 2.17. The van der Waals surface area contributed by atoms with Crippen LogP contribution in [-0.4, -0.2) is 26.2 Å². The van der Waals surface area contributed by atoms with Crippen LogP contribution in [0.3, 0.4) is 0 Å². The maximum absolute atomic E-state index is 3.61. The van der Waals surface area contributed by atoms with E-state index in [0.717, 1.165) is 17.9 Å². The van der Waals surface area contributed by atoms with Crippen molar-refractivity contribution in [3.05, 3.63) is 0 Å². The fourth-order valence-corrected chi connectivity index (χ4v) is 3.55. The van der Waals surface area contributed by atoms with Crippen molar-refractivity contribution < 1.29 is 0 Å². The number of hydrogen-bond donors (Lipinski definition) is 2. The Morgan fingerprint density at radius 3 is 2.13 bits per heavy atom. The fourth-order valence-electron chi connectivity index (χ4n) is 3.55. The second-order valence-electron chi connectivity index (χ2n) is 5.30. The molecule has 0 aromatic carbocycles. The number of piperidine rings is 1. The van der Waals surface area contributed by atoms with Crippen LogP contribution in [0.25, 0.3) is 0 Å². The van der Waals surface area contributed by atoms with E-state index in [1.54, 1.807) is 0 Å². The Balaban J connectivity index is 1.88. The van der Waals surface area contributed by atoms with E-state index in [1.807, 2.05) is 0 Å². The molecule has 0 aromatic rings. The van der Waals surface area contributed by atoms with Gasteiger partial charge in [-0.1, -0.05) is 19.3 Å². The van der Waals surface area contributed by atoms with Gasteiger partial charge in [0, 0.05) is 6.04 Å². The van der Waals surface area contributed by atoms with Crippen LogP contribution in [0.15, 0.2) is 0 Å². The minimum absolute atomic E-state index is 0.799. The van der Waals surface area contributed by atoms with Gasteiger partial charge in [-0.05, 0) is 57.7 Å². The molecule has 1 saturated heterocycles. The van der Waals surface area contributed by atoms with Crippen molar-refractivity contribution in [1.29, 1.82) is 0 Å². The summed E-state index contributed by atoms with van der Waals surface area (Å²) in [5, 5.41) is 7.08. The molecule has 2 fully saturated rings. The van der Waals surface area contributed by atoms with E-state index >= 15 is 0 Å². The van der Waals surface area contributed by atoms with Crippen LogP contribution in [-0.2, 0) is 0 Å². The monoisotopic (exact) mass is 210 g/mol. The van der Waals surface area contributed by atoms with E-state index in [-0.39, 0.29) is 0 Å². The minimum atomic E-state index is 0.799. The molecule has 2 heteroatoms. The quantitative estimate of drug-likeness (QED) is 0.746. The standard InChI is InChI=1S/C13H26N2/c1-14-13(11-5-3-2-4-6-11)12-7-9-15-10-8-12/h11-15H,2-10H2,1H3. The summed E-state index contributed by atoms with van der Waals surface area (Å²) in [4.78, 5) is 0. The van der Waals surface area contributed by atoms with E-state index in [0.29, 0.717) is 0 Å². The lowest BCUT2D eigenvalue weighted by atomic mass is 9.76. The first kappa shape index (κ1) is 11.4. The minimum Gasteiger partial charge on any atom is -0.317 e. The molecule has 1 saturated carbocycles. The maximum Gasteiger partial charge on any atom is 0.0121 e. The lowest BCUT2D eigenvalue weighted by molar-refractivity contribution is 0.185. The van der Waals surface area contributed by atoms with Gasteiger partial charge in [-0.25, -0.2) is 0 Å². The second kappa shape index (κ2) is 5.86. The first-order chi connectivity index (χ1) is 7.42. The number of rotatable bonds is 3. The van der Waals surface area contributed by atoms with Gasteiger partial charge in [-0.2, -0.15) is 0 Å². The van der Waals surface area contributed by atoms with E-state index in [4.69, 9.17) is 0 Å². The van der Waals surface area contributed by atoms with Crippen LogP contribution in [0.2, 0.25) is 0 Å². The van der Waals surface area contributed by atoms with Gasteiger partial charge in [0.05, 0.1) is 0 Å². The molecule has 2 rings (SSSR count). The van der Waals surface area contributed by atoms with E-state index in [1.165, 1.54) is 58.0 Å². The molecule has 1 heterocycles. The highest BCUT2D eigenvalue weighted by Gasteiger charge is 2.29. The highest BCUT2D eigenvalue weighted by Crippen LogP contribution is 2.32. The first-order valence-electron chi connectivity index (χ1n) is 6.80. The fraction of sp³-hybridized carbons (Fsp3) is 1.00. The van der Waals surface area contributed by atoms with Gasteiger partial charge >= 0.3 is 0 Å². The molecule has 2 nitrogen and oxygen atoms in total. The highest BCUT2D eigenvalue weighted by atomic mass is 14.9. The van der Waals surface area contributed by atoms with Gasteiger partial charge in [0.15, 0.2) is 0 Å². The van der Waals surface area contributed by atoms with Crippen LogP contribution in [0.4, 0.5) is 0 Å². The molecule has 2 N–H and O–H groups in total. The molecule has 1 aliphatic carbocycles. The van der Waals surface area contributed by atoms with Crippen molar-refractivity contribution >= 4 is 0 Å². The summed E-state index contributed by atoms with van der Waals surface area (Å²) in [6, 6.07) is 0.799. The van der Waals surface area contributed by atoms with Gasteiger partial charge < -0.3 is 10.6 Å². The zero-order valence-electron chi connectivity index (χ0n) is 10.1. The normalized spacial score (nSPS) is 27.8. The van der Waals surface area contributed by atoms with Crippen molar-refractivity contribution in [3.63, 3.8) is 0 Å². The smallest absolute Gasteiger partial charge is 0.0121 e. The summed E-state index contributed by atoms with van der Waals surface area (Å²) in [6.07, 6.45) is 10.1. The Morgan fingerprint density at radius 1 is 0.933 bits per heavy atom. The van der Waals surface area contributed by atoms with Gasteiger partial charge in [0.2, 0.25) is 0 Å². The molecule has 1 unspecified atom stereocenters. The Kier molecular flexibility index (Phi) is 4.45. The van der Waals surface area contributed by atoms with Gasteiger partial charge in [-0.3, -0.25) is 0 Å². The molecule has 1 atom stereocenters. The summed E-state index contributed by atoms with van der Waals surface area (Å²) in [5.74, 6) is 1.89. The zero-order chi connectivity index (χ0) is 10.5. The van der Waals surface area contributed by atoms with Crippen molar-refractivity contribution in [2.45, 2.75) is 51.0 Å². The molecule has 0 bridgehead atoms. The SMILES string of the molecule is CNC(C1CCCCC1)C1CCNCC1. The van der Waals surface area contributed by atoms with E-state index < -0.39 is 0 Å². The lowest BCUT2D eigenvalue weighted by Gasteiger charge is -2.37. The third kappa shape index (κ3) is 2.94. The third-order valence-electron chi connectivity index (χ3n) is 4.38. The predicted octanol–water partition coefficient (Wildman–Crippen LogP) is 2.15. The molecule has 0 spiro atoms.